The molecular formula is C31H33N5O3. The number of carbonyl (C=O) groups is 1. The van der Waals surface area contributed by atoms with Gasteiger partial charge >= 0.3 is 0 Å². The average molecular weight is 524 g/mol. The third kappa shape index (κ3) is 5.67. The molecule has 1 fully saturated rings. The summed E-state index contributed by atoms with van der Waals surface area (Å²) < 4.78 is 5.45. The minimum Gasteiger partial charge on any atom is -0.508 e. The number of H-pyrrole nitrogens is 1. The zero-order chi connectivity index (χ0) is 26.6. The van der Waals surface area contributed by atoms with Gasteiger partial charge in [-0.2, -0.15) is 0 Å². The topological polar surface area (TPSA) is 84.9 Å². The predicted molar refractivity (Wildman–Crippen MR) is 150 cm³/mol. The molecule has 2 aliphatic heterocycles. The van der Waals surface area contributed by atoms with Gasteiger partial charge in [0, 0.05) is 62.3 Å². The number of benzene rings is 3. The third-order valence-electron chi connectivity index (χ3n) is 7.56. The van der Waals surface area contributed by atoms with Crippen LogP contribution in [0.15, 0.2) is 79.3 Å². The number of imidazole rings is 1. The second-order valence-corrected chi connectivity index (χ2v) is 10.2. The largest absolute Gasteiger partial charge is 0.508 e. The normalized spacial score (nSPS) is 16.1. The van der Waals surface area contributed by atoms with Gasteiger partial charge in [-0.05, 0) is 47.0 Å². The van der Waals surface area contributed by atoms with Crippen LogP contribution >= 0.6 is 0 Å². The van der Waals surface area contributed by atoms with E-state index in [1.165, 1.54) is 0 Å². The van der Waals surface area contributed by atoms with E-state index >= 15 is 0 Å². The number of morpholine rings is 1. The van der Waals surface area contributed by atoms with E-state index in [-0.39, 0.29) is 11.7 Å². The zero-order valence-corrected chi connectivity index (χ0v) is 21.9. The summed E-state index contributed by atoms with van der Waals surface area (Å²) >= 11 is 0. The fourth-order valence-corrected chi connectivity index (χ4v) is 5.42. The molecule has 8 heteroatoms. The molecule has 2 N–H and O–H groups in total. The molecule has 0 spiro atoms. The zero-order valence-electron chi connectivity index (χ0n) is 21.9. The summed E-state index contributed by atoms with van der Waals surface area (Å²) in [6, 6.07) is 22.1. The fraction of sp³-hybridized carbons (Fsp3) is 0.290. The molecule has 0 radical (unpaired) electrons. The molecular weight excluding hydrogens is 490 g/mol. The minimum absolute atomic E-state index is 0.0299. The number of ether oxygens (including phenoxy) is 1. The van der Waals surface area contributed by atoms with Gasteiger partial charge in [0.1, 0.15) is 5.75 Å². The Morgan fingerprint density at radius 3 is 2.56 bits per heavy atom. The van der Waals surface area contributed by atoms with Crippen molar-refractivity contribution < 1.29 is 14.6 Å². The fourth-order valence-electron chi connectivity index (χ4n) is 5.42. The van der Waals surface area contributed by atoms with E-state index in [0.29, 0.717) is 51.5 Å². The molecule has 2 aliphatic rings. The number of phenols is 1. The van der Waals surface area contributed by atoms with Crippen molar-refractivity contribution in [1.29, 1.82) is 0 Å². The lowest BCUT2D eigenvalue weighted by atomic mass is 10.0. The molecule has 0 aliphatic carbocycles. The number of fused-ring (bicyclic) bond motifs is 1. The molecule has 0 saturated carbocycles. The number of hydrogen-bond donors (Lipinski definition) is 2. The van der Waals surface area contributed by atoms with Crippen LogP contribution in [0.2, 0.25) is 0 Å². The molecule has 1 saturated heterocycles. The Morgan fingerprint density at radius 1 is 0.923 bits per heavy atom. The molecule has 8 nitrogen and oxygen atoms in total. The van der Waals surface area contributed by atoms with Crippen molar-refractivity contribution in [2.75, 3.05) is 44.3 Å². The number of hydrogen-bond acceptors (Lipinski definition) is 6. The molecule has 1 amide bonds. The Morgan fingerprint density at radius 2 is 1.77 bits per heavy atom. The Kier molecular flexibility index (Phi) is 7.29. The lowest BCUT2D eigenvalue weighted by molar-refractivity contribution is 0.0338. The number of rotatable bonds is 6. The Labute approximate surface area is 228 Å². The summed E-state index contributed by atoms with van der Waals surface area (Å²) in [6.45, 7) is 6.07. The highest BCUT2D eigenvalue weighted by Gasteiger charge is 2.25. The van der Waals surface area contributed by atoms with Gasteiger partial charge in [-0.25, -0.2) is 4.98 Å². The Balaban J connectivity index is 1.29. The van der Waals surface area contributed by atoms with E-state index in [9.17, 15) is 9.90 Å². The first kappa shape index (κ1) is 25.2. The maximum absolute atomic E-state index is 13.9. The Hall–Kier alpha value is -4.14. The molecule has 39 heavy (non-hydrogen) atoms. The van der Waals surface area contributed by atoms with Crippen LogP contribution in [0.25, 0.3) is 11.1 Å². The minimum atomic E-state index is -0.0299. The molecule has 3 aromatic carbocycles. The van der Waals surface area contributed by atoms with E-state index in [1.54, 1.807) is 18.5 Å². The van der Waals surface area contributed by atoms with Crippen molar-refractivity contribution >= 4 is 11.6 Å². The SMILES string of the molecule is O=C(c1ccc(O)c(CN2CCOCC2)c1)N1CCN(Cc2cnc[nH]2)c2ccc(-c3ccccc3)cc2C1. The van der Waals surface area contributed by atoms with E-state index in [1.807, 2.05) is 35.4 Å². The second kappa shape index (κ2) is 11.3. The summed E-state index contributed by atoms with van der Waals surface area (Å²) in [6.07, 6.45) is 3.54. The van der Waals surface area contributed by atoms with E-state index < -0.39 is 0 Å². The smallest absolute Gasteiger partial charge is 0.254 e. The maximum Gasteiger partial charge on any atom is 0.254 e. The van der Waals surface area contributed by atoms with Crippen LogP contribution in [-0.4, -0.2) is 70.2 Å². The van der Waals surface area contributed by atoms with Crippen LogP contribution in [0.5, 0.6) is 5.75 Å². The first-order valence-electron chi connectivity index (χ1n) is 13.5. The highest BCUT2D eigenvalue weighted by molar-refractivity contribution is 5.95. The monoisotopic (exact) mass is 523 g/mol. The number of phenolic OH excluding ortho intramolecular Hbond substituents is 1. The quantitative estimate of drug-likeness (QED) is 0.393. The van der Waals surface area contributed by atoms with E-state index in [2.05, 4.69) is 50.1 Å². The molecule has 0 atom stereocenters. The third-order valence-corrected chi connectivity index (χ3v) is 7.56. The van der Waals surface area contributed by atoms with Crippen molar-refractivity contribution in [2.45, 2.75) is 19.6 Å². The highest BCUT2D eigenvalue weighted by atomic mass is 16.5. The van der Waals surface area contributed by atoms with Crippen LogP contribution in [-0.2, 0) is 24.4 Å². The molecule has 3 heterocycles. The lowest BCUT2D eigenvalue weighted by Crippen LogP contribution is -2.36. The number of nitrogens with one attached hydrogen (secondary N) is 1. The molecule has 4 aromatic rings. The molecule has 6 rings (SSSR count). The lowest BCUT2D eigenvalue weighted by Gasteiger charge is -2.27. The predicted octanol–water partition coefficient (Wildman–Crippen LogP) is 4.28. The summed E-state index contributed by atoms with van der Waals surface area (Å²) in [5.41, 5.74) is 6.90. The number of amides is 1. The number of aromatic nitrogens is 2. The number of carbonyl (C=O) groups excluding carboxylic acids is 1. The van der Waals surface area contributed by atoms with Gasteiger partial charge in [0.25, 0.3) is 5.91 Å². The summed E-state index contributed by atoms with van der Waals surface area (Å²) in [4.78, 5) is 27.7. The van der Waals surface area contributed by atoms with Crippen molar-refractivity contribution in [2.24, 2.45) is 0 Å². The first-order chi connectivity index (χ1) is 19.1. The van der Waals surface area contributed by atoms with E-state index in [0.717, 1.165) is 46.7 Å². The van der Waals surface area contributed by atoms with Gasteiger partial charge in [0.05, 0.1) is 31.8 Å². The molecule has 200 valence electrons. The van der Waals surface area contributed by atoms with Crippen LogP contribution < -0.4 is 4.90 Å². The van der Waals surface area contributed by atoms with Crippen molar-refractivity contribution in [3.63, 3.8) is 0 Å². The Bertz CT molecular complexity index is 1420. The van der Waals surface area contributed by atoms with Gasteiger partial charge < -0.3 is 24.6 Å². The standard InChI is InChI=1S/C31H33N5O3/c37-30-9-7-25(17-27(30)19-34-12-14-39-15-13-34)31(38)36-11-10-35(21-28-18-32-22-33-28)29-8-6-24(16-26(29)20-36)23-4-2-1-3-5-23/h1-9,16-18,22,37H,10-15,19-21H2,(H,32,33). The van der Waals surface area contributed by atoms with Gasteiger partial charge in [-0.15, -0.1) is 0 Å². The van der Waals surface area contributed by atoms with Gasteiger partial charge in [0.2, 0.25) is 0 Å². The van der Waals surface area contributed by atoms with Gasteiger partial charge in [-0.3, -0.25) is 9.69 Å². The molecule has 1 aromatic heterocycles. The highest BCUT2D eigenvalue weighted by Crippen LogP contribution is 2.32. The first-order valence-corrected chi connectivity index (χ1v) is 13.5. The summed E-state index contributed by atoms with van der Waals surface area (Å²) in [5, 5.41) is 10.5. The number of aromatic amines is 1. The van der Waals surface area contributed by atoms with Crippen molar-refractivity contribution in [3.05, 3.63) is 102 Å². The van der Waals surface area contributed by atoms with Crippen molar-refractivity contribution in [1.82, 2.24) is 19.8 Å². The number of aromatic hydroxyl groups is 1. The second-order valence-electron chi connectivity index (χ2n) is 10.2. The van der Waals surface area contributed by atoms with Crippen LogP contribution in [0.3, 0.4) is 0 Å². The summed E-state index contributed by atoms with van der Waals surface area (Å²) in [7, 11) is 0. The van der Waals surface area contributed by atoms with Gasteiger partial charge in [-0.1, -0.05) is 36.4 Å². The van der Waals surface area contributed by atoms with Gasteiger partial charge in [0.15, 0.2) is 0 Å². The van der Waals surface area contributed by atoms with Crippen LogP contribution in [0.4, 0.5) is 5.69 Å². The number of anilines is 1. The maximum atomic E-state index is 13.9. The average Bonchev–Trinajstić information content (AvgIpc) is 3.42. The van der Waals surface area contributed by atoms with Crippen LogP contribution in [0, 0.1) is 0 Å². The van der Waals surface area contributed by atoms with Crippen molar-refractivity contribution in [3.8, 4) is 16.9 Å². The van der Waals surface area contributed by atoms with Crippen LogP contribution in [0.1, 0.15) is 27.2 Å². The van der Waals surface area contributed by atoms with E-state index in [4.69, 9.17) is 4.74 Å². The molecule has 0 unspecified atom stereocenters. The molecule has 0 bridgehead atoms. The number of nitrogens with zero attached hydrogens (tertiary/aromatic N) is 4. The summed E-state index contributed by atoms with van der Waals surface area (Å²) in [5.74, 6) is 0.190.